The Morgan fingerprint density at radius 1 is 1.20 bits per heavy atom. The first-order valence-corrected chi connectivity index (χ1v) is 7.99. The third-order valence-corrected chi connectivity index (χ3v) is 4.45. The smallest absolute Gasteiger partial charge is 0.314 e. The molecule has 1 aromatic carbocycles. The number of hydrogen-bond donors (Lipinski definition) is 0. The van der Waals surface area contributed by atoms with E-state index in [1.54, 1.807) is 16.8 Å². The molecule has 0 saturated heterocycles. The van der Waals surface area contributed by atoms with E-state index in [1.807, 2.05) is 18.2 Å². The summed E-state index contributed by atoms with van der Waals surface area (Å²) in [5, 5.41) is 6.83. The van der Waals surface area contributed by atoms with Crippen molar-refractivity contribution in [3.8, 4) is 11.5 Å². The number of aromatic nitrogens is 3. The van der Waals surface area contributed by atoms with Crippen LogP contribution in [0.1, 0.15) is 30.2 Å². The van der Waals surface area contributed by atoms with Gasteiger partial charge in [0.05, 0.1) is 0 Å². The first-order valence-electron chi connectivity index (χ1n) is 7.99. The highest BCUT2D eigenvalue weighted by Gasteiger charge is 2.38. The zero-order chi connectivity index (χ0) is 17.4. The second-order valence-corrected chi connectivity index (χ2v) is 6.17. The van der Waals surface area contributed by atoms with E-state index in [4.69, 9.17) is 4.42 Å². The quantitative estimate of drug-likeness (QED) is 0.710. The number of alkyl halides is 2. The fraction of sp³-hybridized carbons (Fsp3) is 0.278. The maximum absolute atomic E-state index is 12.5. The minimum absolute atomic E-state index is 0.0758. The summed E-state index contributed by atoms with van der Waals surface area (Å²) in [7, 11) is 0. The molecule has 2 aromatic heterocycles. The van der Waals surface area contributed by atoms with E-state index in [0.717, 1.165) is 6.42 Å². The Hall–Kier alpha value is -2.83. The molecule has 1 aliphatic carbocycles. The van der Waals surface area contributed by atoms with Crippen molar-refractivity contribution in [2.75, 3.05) is 0 Å². The number of rotatable bonds is 5. The Morgan fingerprint density at radius 3 is 2.68 bits per heavy atom. The van der Waals surface area contributed by atoms with Gasteiger partial charge in [-0.1, -0.05) is 30.3 Å². The molecule has 128 valence electrons. The van der Waals surface area contributed by atoms with E-state index in [-0.39, 0.29) is 11.4 Å². The normalized spacial score (nSPS) is 19.3. The van der Waals surface area contributed by atoms with Gasteiger partial charge in [-0.25, -0.2) is 0 Å². The summed E-state index contributed by atoms with van der Waals surface area (Å²) in [4.78, 5) is 12.3. The van der Waals surface area contributed by atoms with Gasteiger partial charge < -0.3 is 8.98 Å². The molecule has 0 amide bonds. The van der Waals surface area contributed by atoms with Gasteiger partial charge in [-0.05, 0) is 29.9 Å². The Bertz CT molecular complexity index is 937. The number of hydrogen-bond acceptors (Lipinski definition) is 4. The van der Waals surface area contributed by atoms with Gasteiger partial charge in [0.15, 0.2) is 0 Å². The second-order valence-electron chi connectivity index (χ2n) is 6.17. The molecule has 25 heavy (non-hydrogen) atoms. The monoisotopic (exact) mass is 343 g/mol. The third-order valence-electron chi connectivity index (χ3n) is 4.45. The van der Waals surface area contributed by atoms with Crippen molar-refractivity contribution < 1.29 is 13.2 Å². The van der Waals surface area contributed by atoms with Crippen LogP contribution in [0.5, 0.6) is 0 Å². The maximum Gasteiger partial charge on any atom is 0.314 e. The predicted molar refractivity (Wildman–Crippen MR) is 86.2 cm³/mol. The molecule has 0 bridgehead atoms. The molecule has 7 heteroatoms. The summed E-state index contributed by atoms with van der Waals surface area (Å²) >= 11 is 0. The van der Waals surface area contributed by atoms with Crippen LogP contribution in [0.2, 0.25) is 0 Å². The van der Waals surface area contributed by atoms with Crippen LogP contribution in [0.25, 0.3) is 11.5 Å². The van der Waals surface area contributed by atoms with Crippen LogP contribution in [0, 0.1) is 5.92 Å². The number of nitrogens with zero attached hydrogens (tertiary/aromatic N) is 3. The van der Waals surface area contributed by atoms with Gasteiger partial charge >= 0.3 is 6.43 Å². The van der Waals surface area contributed by atoms with Crippen LogP contribution in [0.4, 0.5) is 8.78 Å². The molecule has 3 aromatic rings. The highest BCUT2D eigenvalue weighted by Crippen LogP contribution is 2.48. The van der Waals surface area contributed by atoms with Crippen molar-refractivity contribution >= 4 is 0 Å². The van der Waals surface area contributed by atoms with E-state index in [2.05, 4.69) is 22.3 Å². The van der Waals surface area contributed by atoms with Crippen molar-refractivity contribution in [3.05, 3.63) is 70.5 Å². The van der Waals surface area contributed by atoms with E-state index < -0.39 is 12.3 Å². The standard InChI is InChI=1S/C18H15F2N3O2/c19-16(20)18-22-21-17(25-18)12-6-7-23(15(24)9-12)10-13-8-14(13)11-4-2-1-3-5-11/h1-7,9,13-14,16H,8,10H2/t13-,14+/m1/s1. The molecule has 2 heterocycles. The zero-order valence-corrected chi connectivity index (χ0v) is 13.2. The van der Waals surface area contributed by atoms with Gasteiger partial charge in [-0.3, -0.25) is 4.79 Å². The summed E-state index contributed by atoms with van der Waals surface area (Å²) in [6.07, 6.45) is -0.129. The van der Waals surface area contributed by atoms with E-state index in [1.165, 1.54) is 11.6 Å². The molecule has 0 radical (unpaired) electrons. The van der Waals surface area contributed by atoms with Crippen LogP contribution < -0.4 is 5.56 Å². The van der Waals surface area contributed by atoms with Crippen molar-refractivity contribution in [1.29, 1.82) is 0 Å². The molecule has 4 rings (SSSR count). The molecule has 0 unspecified atom stereocenters. The molecule has 0 N–H and O–H groups in total. The summed E-state index contributed by atoms with van der Waals surface area (Å²) in [6.45, 7) is 0.630. The van der Waals surface area contributed by atoms with Gasteiger partial charge in [-0.2, -0.15) is 8.78 Å². The Balaban J connectivity index is 1.48. The average molecular weight is 343 g/mol. The highest BCUT2D eigenvalue weighted by molar-refractivity contribution is 5.50. The van der Waals surface area contributed by atoms with Crippen molar-refractivity contribution in [1.82, 2.24) is 14.8 Å². The average Bonchev–Trinajstić information content (AvgIpc) is 3.19. The van der Waals surface area contributed by atoms with Gasteiger partial charge in [0.25, 0.3) is 11.4 Å². The fourth-order valence-corrected chi connectivity index (χ4v) is 3.04. The fourth-order valence-electron chi connectivity index (χ4n) is 3.04. The van der Waals surface area contributed by atoms with E-state index >= 15 is 0 Å². The lowest BCUT2D eigenvalue weighted by molar-refractivity contribution is 0.116. The van der Waals surface area contributed by atoms with Crippen LogP contribution in [-0.2, 0) is 6.54 Å². The highest BCUT2D eigenvalue weighted by atomic mass is 19.3. The second kappa shape index (κ2) is 6.23. The first kappa shape index (κ1) is 15.7. The molecule has 2 atom stereocenters. The maximum atomic E-state index is 12.5. The van der Waals surface area contributed by atoms with Gasteiger partial charge in [0, 0.05) is 24.4 Å². The SMILES string of the molecule is O=c1cc(-c2nnc(C(F)F)o2)ccn1C[C@H]1C[C@H]1c1ccccc1. The van der Waals surface area contributed by atoms with Crippen molar-refractivity contribution in [3.63, 3.8) is 0 Å². The molecule has 1 aliphatic rings. The molecule has 0 aliphatic heterocycles. The Morgan fingerprint density at radius 2 is 2.00 bits per heavy atom. The van der Waals surface area contributed by atoms with Crippen molar-refractivity contribution in [2.24, 2.45) is 5.92 Å². The van der Waals surface area contributed by atoms with E-state index in [9.17, 15) is 13.6 Å². The Labute approximate surface area is 141 Å². The van der Waals surface area contributed by atoms with Crippen LogP contribution in [0.15, 0.2) is 57.9 Å². The topological polar surface area (TPSA) is 60.9 Å². The third kappa shape index (κ3) is 3.22. The summed E-state index contributed by atoms with van der Waals surface area (Å²) in [6, 6.07) is 13.2. The molecular formula is C18H15F2N3O2. The number of benzene rings is 1. The Kier molecular flexibility index (Phi) is 3.91. The van der Waals surface area contributed by atoms with Gasteiger partial charge in [0.1, 0.15) is 0 Å². The lowest BCUT2D eigenvalue weighted by Crippen LogP contribution is -2.19. The van der Waals surface area contributed by atoms with Crippen LogP contribution in [-0.4, -0.2) is 14.8 Å². The van der Waals surface area contributed by atoms with Gasteiger partial charge in [0.2, 0.25) is 5.89 Å². The van der Waals surface area contributed by atoms with Gasteiger partial charge in [-0.15, -0.1) is 10.2 Å². The molecule has 1 saturated carbocycles. The van der Waals surface area contributed by atoms with Crippen LogP contribution in [0.3, 0.4) is 0 Å². The largest absolute Gasteiger partial charge is 0.415 e. The molecule has 5 nitrogen and oxygen atoms in total. The summed E-state index contributed by atoms with van der Waals surface area (Å²) < 4.78 is 31.5. The number of halogens is 2. The lowest BCUT2D eigenvalue weighted by Gasteiger charge is -2.06. The van der Waals surface area contributed by atoms with Crippen LogP contribution >= 0.6 is 0 Å². The first-order chi connectivity index (χ1) is 12.1. The summed E-state index contributed by atoms with van der Waals surface area (Å²) in [5.74, 6) is 0.0908. The molecular weight excluding hydrogens is 328 g/mol. The minimum atomic E-state index is -2.83. The zero-order valence-electron chi connectivity index (χ0n) is 13.2. The molecule has 0 spiro atoms. The van der Waals surface area contributed by atoms with E-state index in [0.29, 0.717) is 23.9 Å². The van der Waals surface area contributed by atoms with Crippen molar-refractivity contribution in [2.45, 2.75) is 25.3 Å². The summed E-state index contributed by atoms with van der Waals surface area (Å²) in [5.41, 5.74) is 1.42. The molecule has 1 fully saturated rings. The number of pyridine rings is 1. The lowest BCUT2D eigenvalue weighted by atomic mass is 10.1. The predicted octanol–water partition coefficient (Wildman–Crippen LogP) is 3.64. The minimum Gasteiger partial charge on any atom is -0.415 e.